The van der Waals surface area contributed by atoms with Gasteiger partial charge in [0.05, 0.1) is 25.4 Å². The van der Waals surface area contributed by atoms with Gasteiger partial charge in [-0.25, -0.2) is 0 Å². The van der Waals surface area contributed by atoms with Crippen LogP contribution in [-0.2, 0) is 14.3 Å². The molecule has 1 heterocycles. The summed E-state index contributed by atoms with van der Waals surface area (Å²) in [6.07, 6.45) is 13.2. The standard InChI is InChI=1S/C39H77NO10/c1-4-5-6-7-8-9-10-11-12-17-20-23-26-32(43)38(48)40-30(28-49-39-37(47)36(46)35(45)33(27-41)50-39)34(44)31(42)25-22-19-16-14-13-15-18-21-24-29(2)3/h29-37,39,41-47H,4-28H2,1-3H3,(H,40,48). The van der Waals surface area contributed by atoms with Crippen molar-refractivity contribution in [2.24, 2.45) is 5.92 Å². The number of unbranched alkanes of at least 4 members (excludes halogenated alkanes) is 18. The summed E-state index contributed by atoms with van der Waals surface area (Å²) >= 11 is 0. The van der Waals surface area contributed by atoms with Crippen molar-refractivity contribution in [3.8, 4) is 0 Å². The van der Waals surface area contributed by atoms with Crippen LogP contribution in [0.25, 0.3) is 0 Å². The first-order valence-corrected chi connectivity index (χ1v) is 20.3. The molecule has 1 amide bonds. The van der Waals surface area contributed by atoms with E-state index in [-0.39, 0.29) is 6.42 Å². The van der Waals surface area contributed by atoms with E-state index in [2.05, 4.69) is 26.1 Å². The monoisotopic (exact) mass is 720 g/mol. The number of ether oxygens (including phenoxy) is 2. The molecule has 0 bridgehead atoms. The summed E-state index contributed by atoms with van der Waals surface area (Å²) < 4.78 is 11.0. The van der Waals surface area contributed by atoms with E-state index < -0.39 is 74.2 Å². The first kappa shape index (κ1) is 47.1. The van der Waals surface area contributed by atoms with E-state index in [4.69, 9.17) is 9.47 Å². The minimum absolute atomic E-state index is 0.264. The Labute approximate surface area is 303 Å². The van der Waals surface area contributed by atoms with E-state index in [0.29, 0.717) is 19.3 Å². The highest BCUT2D eigenvalue weighted by molar-refractivity contribution is 5.80. The zero-order chi connectivity index (χ0) is 37.1. The van der Waals surface area contributed by atoms with Gasteiger partial charge in [-0.2, -0.15) is 0 Å². The van der Waals surface area contributed by atoms with Gasteiger partial charge in [-0.1, -0.05) is 156 Å². The van der Waals surface area contributed by atoms with Gasteiger partial charge in [-0.15, -0.1) is 0 Å². The van der Waals surface area contributed by atoms with Gasteiger partial charge in [0.25, 0.3) is 0 Å². The first-order chi connectivity index (χ1) is 24.0. The molecule has 0 aromatic heterocycles. The number of aliphatic hydroxyl groups is 7. The van der Waals surface area contributed by atoms with E-state index in [0.717, 1.165) is 44.4 Å². The molecule has 0 radical (unpaired) electrons. The van der Waals surface area contributed by atoms with Crippen molar-refractivity contribution in [1.82, 2.24) is 5.32 Å². The van der Waals surface area contributed by atoms with Crippen molar-refractivity contribution in [1.29, 1.82) is 0 Å². The molecule has 50 heavy (non-hydrogen) atoms. The van der Waals surface area contributed by atoms with Crippen LogP contribution >= 0.6 is 0 Å². The summed E-state index contributed by atoms with van der Waals surface area (Å²) in [6.45, 7) is 5.67. The highest BCUT2D eigenvalue weighted by atomic mass is 16.7. The van der Waals surface area contributed by atoms with Gasteiger partial charge in [-0.3, -0.25) is 4.79 Å². The third-order valence-electron chi connectivity index (χ3n) is 10.1. The molecule has 1 fully saturated rings. The van der Waals surface area contributed by atoms with Gasteiger partial charge in [0.1, 0.15) is 36.6 Å². The molecule has 9 atom stereocenters. The van der Waals surface area contributed by atoms with E-state index in [1.165, 1.54) is 83.5 Å². The minimum Gasteiger partial charge on any atom is -0.394 e. The molecule has 1 aliphatic heterocycles. The molecule has 11 nitrogen and oxygen atoms in total. The van der Waals surface area contributed by atoms with Crippen LogP contribution < -0.4 is 5.32 Å². The number of rotatable bonds is 32. The lowest BCUT2D eigenvalue weighted by Crippen LogP contribution is -2.60. The van der Waals surface area contributed by atoms with Crippen molar-refractivity contribution in [2.75, 3.05) is 13.2 Å². The number of hydrogen-bond acceptors (Lipinski definition) is 10. The number of hydrogen-bond donors (Lipinski definition) is 8. The van der Waals surface area contributed by atoms with Gasteiger partial charge in [-0.05, 0) is 18.8 Å². The Balaban J connectivity index is 2.55. The maximum atomic E-state index is 13.0. The number of aliphatic hydroxyl groups excluding tert-OH is 7. The summed E-state index contributed by atoms with van der Waals surface area (Å²) in [7, 11) is 0. The van der Waals surface area contributed by atoms with Crippen molar-refractivity contribution >= 4 is 5.91 Å². The second-order valence-corrected chi connectivity index (χ2v) is 15.2. The smallest absolute Gasteiger partial charge is 0.249 e. The molecule has 11 heteroatoms. The van der Waals surface area contributed by atoms with Crippen LogP contribution in [0, 0.1) is 5.92 Å². The lowest BCUT2D eigenvalue weighted by Gasteiger charge is -2.40. The topological polar surface area (TPSA) is 189 Å². The van der Waals surface area contributed by atoms with Crippen molar-refractivity contribution in [2.45, 2.75) is 224 Å². The minimum atomic E-state index is -1.65. The van der Waals surface area contributed by atoms with Crippen molar-refractivity contribution in [3.05, 3.63) is 0 Å². The van der Waals surface area contributed by atoms with Gasteiger partial charge in [0.15, 0.2) is 6.29 Å². The summed E-state index contributed by atoms with van der Waals surface area (Å²) in [5.74, 6) is 0.0493. The molecule has 0 saturated carbocycles. The van der Waals surface area contributed by atoms with Gasteiger partial charge < -0.3 is 50.5 Å². The van der Waals surface area contributed by atoms with Crippen LogP contribution in [0.4, 0.5) is 0 Å². The molecule has 0 aromatic carbocycles. The van der Waals surface area contributed by atoms with Crippen molar-refractivity contribution < 1.29 is 50.0 Å². The fourth-order valence-corrected chi connectivity index (χ4v) is 6.62. The van der Waals surface area contributed by atoms with E-state index >= 15 is 0 Å². The number of carbonyl (C=O) groups is 1. The van der Waals surface area contributed by atoms with Crippen LogP contribution in [-0.4, -0.2) is 110 Å². The maximum absolute atomic E-state index is 13.0. The lowest BCUT2D eigenvalue weighted by atomic mass is 9.98. The largest absolute Gasteiger partial charge is 0.394 e. The van der Waals surface area contributed by atoms with Crippen LogP contribution in [0.3, 0.4) is 0 Å². The predicted octanol–water partition coefficient (Wildman–Crippen LogP) is 5.02. The van der Waals surface area contributed by atoms with Gasteiger partial charge in [0, 0.05) is 0 Å². The normalized spacial score (nSPS) is 23.5. The Bertz CT molecular complexity index is 803. The molecule has 1 rings (SSSR count). The third kappa shape index (κ3) is 21.0. The van der Waals surface area contributed by atoms with Gasteiger partial charge >= 0.3 is 0 Å². The first-order valence-electron chi connectivity index (χ1n) is 20.3. The molecule has 298 valence electrons. The van der Waals surface area contributed by atoms with Crippen LogP contribution in [0.5, 0.6) is 0 Å². The molecule has 9 unspecified atom stereocenters. The summed E-state index contributed by atoms with van der Waals surface area (Å²) in [6, 6.07) is -1.16. The summed E-state index contributed by atoms with van der Waals surface area (Å²) in [4.78, 5) is 13.0. The number of amides is 1. The Morgan fingerprint density at radius 2 is 1.12 bits per heavy atom. The fourth-order valence-electron chi connectivity index (χ4n) is 6.62. The number of carbonyl (C=O) groups excluding carboxylic acids is 1. The van der Waals surface area contributed by atoms with Crippen LogP contribution in [0.15, 0.2) is 0 Å². The maximum Gasteiger partial charge on any atom is 0.249 e. The fraction of sp³-hybridized carbons (Fsp3) is 0.974. The summed E-state index contributed by atoms with van der Waals surface area (Å²) in [5, 5.41) is 75.2. The Morgan fingerprint density at radius 1 is 0.660 bits per heavy atom. The highest BCUT2D eigenvalue weighted by Gasteiger charge is 2.44. The SMILES string of the molecule is CCCCCCCCCCCCCCC(O)C(=O)NC(COC1OC(CO)C(O)C(O)C1O)C(O)C(O)CCCCCCCCCCC(C)C. The quantitative estimate of drug-likeness (QED) is 0.0439. The lowest BCUT2D eigenvalue weighted by molar-refractivity contribution is -0.303. The molecule has 1 saturated heterocycles. The average Bonchev–Trinajstić information content (AvgIpc) is 3.10. The molecule has 1 aliphatic rings. The predicted molar refractivity (Wildman–Crippen MR) is 196 cm³/mol. The second kappa shape index (κ2) is 29.6. The van der Waals surface area contributed by atoms with E-state index in [1.54, 1.807) is 0 Å². The Kier molecular flexibility index (Phi) is 27.9. The zero-order valence-electron chi connectivity index (χ0n) is 31.8. The third-order valence-corrected chi connectivity index (χ3v) is 10.1. The van der Waals surface area contributed by atoms with E-state index in [1.807, 2.05) is 0 Å². The van der Waals surface area contributed by atoms with Crippen LogP contribution in [0.2, 0.25) is 0 Å². The molecular weight excluding hydrogens is 642 g/mol. The van der Waals surface area contributed by atoms with Crippen molar-refractivity contribution in [3.63, 3.8) is 0 Å². The molecule has 0 aromatic rings. The number of nitrogens with one attached hydrogen (secondary N) is 1. The molecule has 8 N–H and O–H groups in total. The second-order valence-electron chi connectivity index (χ2n) is 15.2. The molecule has 0 spiro atoms. The molecular formula is C39H77NO10. The summed E-state index contributed by atoms with van der Waals surface area (Å²) in [5.41, 5.74) is 0. The van der Waals surface area contributed by atoms with E-state index in [9.17, 15) is 40.5 Å². The Morgan fingerprint density at radius 3 is 1.60 bits per heavy atom. The highest BCUT2D eigenvalue weighted by Crippen LogP contribution is 2.23. The van der Waals surface area contributed by atoms with Crippen LogP contribution in [0.1, 0.15) is 168 Å². The Hall–Kier alpha value is -0.890. The average molecular weight is 720 g/mol. The van der Waals surface area contributed by atoms with Gasteiger partial charge in [0.2, 0.25) is 5.91 Å². The zero-order valence-corrected chi connectivity index (χ0v) is 31.8. The molecule has 0 aliphatic carbocycles.